The molecular formula is C19H19N3O4. The number of ether oxygens (including phenoxy) is 1. The van der Waals surface area contributed by atoms with Gasteiger partial charge in [-0.15, -0.1) is 0 Å². The molecular weight excluding hydrogens is 334 g/mol. The summed E-state index contributed by atoms with van der Waals surface area (Å²) in [4.78, 5) is 15.6. The van der Waals surface area contributed by atoms with E-state index in [4.69, 9.17) is 9.84 Å². The Kier molecular flexibility index (Phi) is 5.40. The monoisotopic (exact) mass is 353 g/mol. The van der Waals surface area contributed by atoms with Crippen LogP contribution in [0, 0.1) is 0 Å². The van der Waals surface area contributed by atoms with Crippen LogP contribution in [0.1, 0.15) is 10.4 Å². The number of methoxy groups -OCH3 is 1. The van der Waals surface area contributed by atoms with Crippen LogP contribution in [0.3, 0.4) is 0 Å². The van der Waals surface area contributed by atoms with Gasteiger partial charge in [0.1, 0.15) is 12.0 Å². The van der Waals surface area contributed by atoms with Crippen molar-refractivity contribution >= 4 is 6.29 Å². The van der Waals surface area contributed by atoms with Crippen molar-refractivity contribution in [1.29, 1.82) is 0 Å². The maximum absolute atomic E-state index is 11.1. The Hall–Kier alpha value is -3.03. The van der Waals surface area contributed by atoms with Gasteiger partial charge in [0.05, 0.1) is 26.4 Å². The van der Waals surface area contributed by atoms with E-state index >= 15 is 0 Å². The highest BCUT2D eigenvalue weighted by atomic mass is 16.5. The largest absolute Gasteiger partial charge is 0.497 e. The summed E-state index contributed by atoms with van der Waals surface area (Å²) < 4.78 is 6.69. The molecule has 3 aromatic rings. The first-order valence-electron chi connectivity index (χ1n) is 8.08. The highest BCUT2D eigenvalue weighted by Crippen LogP contribution is 2.25. The summed E-state index contributed by atoms with van der Waals surface area (Å²) in [6.45, 7) is -0.300. The smallest absolute Gasteiger partial charge is 0.181 e. The molecule has 0 radical (unpaired) electrons. The van der Waals surface area contributed by atoms with Crippen molar-refractivity contribution in [2.75, 3.05) is 13.7 Å². The zero-order valence-corrected chi connectivity index (χ0v) is 14.2. The van der Waals surface area contributed by atoms with E-state index in [1.165, 1.54) is 4.68 Å². The quantitative estimate of drug-likeness (QED) is 0.629. The molecule has 2 N–H and O–H groups in total. The predicted molar refractivity (Wildman–Crippen MR) is 95.9 cm³/mol. The fourth-order valence-corrected chi connectivity index (χ4v) is 2.55. The van der Waals surface area contributed by atoms with Crippen LogP contribution < -0.4 is 4.74 Å². The van der Waals surface area contributed by atoms with E-state index in [0.717, 1.165) is 17.6 Å². The van der Waals surface area contributed by atoms with E-state index in [-0.39, 0.29) is 13.2 Å². The summed E-state index contributed by atoms with van der Waals surface area (Å²) in [6, 6.07) is 14.3. The molecule has 1 heterocycles. The fourth-order valence-electron chi connectivity index (χ4n) is 2.55. The number of rotatable bonds is 7. The second-order valence-corrected chi connectivity index (χ2v) is 5.75. The van der Waals surface area contributed by atoms with E-state index in [1.54, 1.807) is 25.3 Å². The third kappa shape index (κ3) is 3.79. The highest BCUT2D eigenvalue weighted by Gasteiger charge is 2.16. The third-order valence-electron chi connectivity index (χ3n) is 3.90. The number of hydrogen-bond acceptors (Lipinski definition) is 6. The molecule has 1 atom stereocenters. The topological polar surface area (TPSA) is 97.5 Å². The molecule has 7 nitrogen and oxygen atoms in total. The van der Waals surface area contributed by atoms with Gasteiger partial charge in [-0.1, -0.05) is 18.2 Å². The molecule has 26 heavy (non-hydrogen) atoms. The molecule has 0 bridgehead atoms. The molecule has 0 saturated carbocycles. The van der Waals surface area contributed by atoms with Gasteiger partial charge in [-0.3, -0.25) is 4.79 Å². The van der Waals surface area contributed by atoms with Gasteiger partial charge in [-0.25, -0.2) is 9.67 Å². The number of aliphatic hydroxyl groups is 2. The standard InChI is InChI=1S/C19H19N3O4/c1-26-17-7-5-14(6-8-17)18-20-19(22(21-18)10-16(25)12-24)15-4-2-3-13(9-15)11-23/h2-9,11,16,24-25H,10,12H2,1H3. The summed E-state index contributed by atoms with van der Waals surface area (Å²) in [5, 5.41) is 23.4. The van der Waals surface area contributed by atoms with Crippen molar-refractivity contribution in [1.82, 2.24) is 14.8 Å². The van der Waals surface area contributed by atoms with Gasteiger partial charge in [0, 0.05) is 16.7 Å². The van der Waals surface area contributed by atoms with Gasteiger partial charge in [-0.2, -0.15) is 5.10 Å². The number of aromatic nitrogens is 3. The third-order valence-corrected chi connectivity index (χ3v) is 3.90. The molecule has 0 aliphatic carbocycles. The zero-order chi connectivity index (χ0) is 18.5. The van der Waals surface area contributed by atoms with Crippen molar-refractivity contribution < 1.29 is 19.7 Å². The second-order valence-electron chi connectivity index (χ2n) is 5.75. The summed E-state index contributed by atoms with van der Waals surface area (Å²) in [5.74, 6) is 1.71. The van der Waals surface area contributed by atoms with E-state index < -0.39 is 6.10 Å². The lowest BCUT2D eigenvalue weighted by Gasteiger charge is -2.09. The Balaban J connectivity index is 2.05. The maximum atomic E-state index is 11.1. The van der Waals surface area contributed by atoms with Gasteiger partial charge in [-0.05, 0) is 30.3 Å². The predicted octanol–water partition coefficient (Wildman–Crippen LogP) is 1.79. The first-order chi connectivity index (χ1) is 12.6. The van der Waals surface area contributed by atoms with Crippen molar-refractivity contribution in [2.24, 2.45) is 0 Å². The van der Waals surface area contributed by atoms with Crippen LogP contribution >= 0.6 is 0 Å². The SMILES string of the molecule is COc1ccc(-c2nc(-c3cccc(C=O)c3)n(CC(O)CO)n2)cc1. The Bertz CT molecular complexity index is 890. The Morgan fingerprint density at radius 3 is 2.62 bits per heavy atom. The zero-order valence-electron chi connectivity index (χ0n) is 14.2. The van der Waals surface area contributed by atoms with Gasteiger partial charge in [0.2, 0.25) is 0 Å². The number of carbonyl (C=O) groups excluding carboxylic acids is 1. The number of hydrogen-bond donors (Lipinski definition) is 2. The molecule has 1 aromatic heterocycles. The van der Waals surface area contributed by atoms with Crippen LogP contribution in [0.5, 0.6) is 5.75 Å². The average Bonchev–Trinajstić information content (AvgIpc) is 3.11. The van der Waals surface area contributed by atoms with Crippen LogP contribution in [-0.4, -0.2) is 51.1 Å². The summed E-state index contributed by atoms with van der Waals surface area (Å²) in [6.07, 6.45) is -0.203. The summed E-state index contributed by atoms with van der Waals surface area (Å²) in [7, 11) is 1.59. The maximum Gasteiger partial charge on any atom is 0.181 e. The van der Waals surface area contributed by atoms with E-state index in [9.17, 15) is 9.90 Å². The van der Waals surface area contributed by atoms with E-state index in [1.807, 2.05) is 30.3 Å². The fraction of sp³-hybridized carbons (Fsp3) is 0.211. The minimum Gasteiger partial charge on any atom is -0.497 e. The van der Waals surface area contributed by atoms with Gasteiger partial charge >= 0.3 is 0 Å². The molecule has 0 aliphatic rings. The summed E-state index contributed by atoms with van der Waals surface area (Å²) in [5.41, 5.74) is 2.01. The minimum atomic E-state index is -0.964. The molecule has 0 aliphatic heterocycles. The molecule has 3 rings (SSSR count). The second kappa shape index (κ2) is 7.90. The number of nitrogens with zero attached hydrogens (tertiary/aromatic N) is 3. The molecule has 7 heteroatoms. The van der Waals surface area contributed by atoms with Crippen molar-refractivity contribution in [3.63, 3.8) is 0 Å². The number of aliphatic hydroxyl groups excluding tert-OH is 2. The van der Waals surface area contributed by atoms with Gasteiger partial charge < -0.3 is 14.9 Å². The molecule has 134 valence electrons. The minimum absolute atomic E-state index is 0.0836. The number of benzene rings is 2. The highest BCUT2D eigenvalue weighted by molar-refractivity contribution is 5.78. The Morgan fingerprint density at radius 2 is 1.96 bits per heavy atom. The van der Waals surface area contributed by atoms with Gasteiger partial charge in [0.15, 0.2) is 11.6 Å². The van der Waals surface area contributed by atoms with E-state index in [2.05, 4.69) is 10.1 Å². The lowest BCUT2D eigenvalue weighted by molar-refractivity contribution is 0.0786. The number of aldehydes is 1. The molecule has 2 aromatic carbocycles. The summed E-state index contributed by atoms with van der Waals surface area (Å²) >= 11 is 0. The lowest BCUT2D eigenvalue weighted by Crippen LogP contribution is -2.21. The average molecular weight is 353 g/mol. The molecule has 1 unspecified atom stereocenters. The first kappa shape index (κ1) is 17.8. The van der Waals surface area contributed by atoms with E-state index in [0.29, 0.717) is 22.8 Å². The number of carbonyl (C=O) groups is 1. The van der Waals surface area contributed by atoms with Crippen molar-refractivity contribution in [3.8, 4) is 28.5 Å². The van der Waals surface area contributed by atoms with Crippen LogP contribution in [0.25, 0.3) is 22.8 Å². The first-order valence-corrected chi connectivity index (χ1v) is 8.08. The van der Waals surface area contributed by atoms with Crippen LogP contribution in [0.4, 0.5) is 0 Å². The van der Waals surface area contributed by atoms with Crippen LogP contribution in [0.15, 0.2) is 48.5 Å². The Labute approximate surface area is 150 Å². The molecule has 0 amide bonds. The molecule has 0 spiro atoms. The van der Waals surface area contributed by atoms with Gasteiger partial charge in [0.25, 0.3) is 0 Å². The van der Waals surface area contributed by atoms with Crippen molar-refractivity contribution in [3.05, 3.63) is 54.1 Å². The lowest BCUT2D eigenvalue weighted by atomic mass is 10.1. The molecule has 0 saturated heterocycles. The van der Waals surface area contributed by atoms with Crippen molar-refractivity contribution in [2.45, 2.75) is 12.6 Å². The van der Waals surface area contributed by atoms with Crippen LogP contribution in [0.2, 0.25) is 0 Å². The normalized spacial score (nSPS) is 12.0. The Morgan fingerprint density at radius 1 is 1.19 bits per heavy atom. The van der Waals surface area contributed by atoms with Crippen LogP contribution in [-0.2, 0) is 6.54 Å². The molecule has 0 fully saturated rings.